The van der Waals surface area contributed by atoms with Crippen molar-refractivity contribution in [3.63, 3.8) is 0 Å². The van der Waals surface area contributed by atoms with Crippen LogP contribution in [0.4, 0.5) is 0 Å². The predicted molar refractivity (Wildman–Crippen MR) is 122 cm³/mol. The summed E-state index contributed by atoms with van der Waals surface area (Å²) >= 11 is 11.7. The van der Waals surface area contributed by atoms with Gasteiger partial charge in [-0.1, -0.05) is 23.7 Å². The number of nitrogens with zero attached hydrogens (tertiary/aromatic N) is 2. The van der Waals surface area contributed by atoms with Crippen molar-refractivity contribution in [1.29, 1.82) is 0 Å². The van der Waals surface area contributed by atoms with Crippen molar-refractivity contribution in [2.75, 3.05) is 0 Å². The molecule has 3 rings (SSSR count). The molecule has 0 spiro atoms. The van der Waals surface area contributed by atoms with Gasteiger partial charge in [0.1, 0.15) is 17.5 Å². The highest BCUT2D eigenvalue weighted by molar-refractivity contribution is 14.1. The van der Waals surface area contributed by atoms with Gasteiger partial charge in [-0.05, 0) is 92.1 Å². The molecular formula is C20H14BrClIN3O2. The lowest BCUT2D eigenvalue weighted by molar-refractivity contribution is 0.0955. The summed E-state index contributed by atoms with van der Waals surface area (Å²) in [6.07, 6.45) is 3.05. The molecule has 1 amide bonds. The van der Waals surface area contributed by atoms with Crippen LogP contribution < -0.4 is 10.2 Å². The first-order valence-corrected chi connectivity index (χ1v) is 10.4. The average molecular weight is 571 g/mol. The number of carbonyl (C=O) groups excluding carboxylic acids is 1. The highest BCUT2D eigenvalue weighted by Crippen LogP contribution is 2.26. The van der Waals surface area contributed by atoms with Crippen LogP contribution in [0.2, 0.25) is 5.15 Å². The third kappa shape index (κ3) is 5.76. The zero-order chi connectivity index (χ0) is 19.9. The quantitative estimate of drug-likeness (QED) is 0.186. The van der Waals surface area contributed by atoms with E-state index in [9.17, 15) is 4.79 Å². The third-order valence-corrected chi connectivity index (χ3v) is 5.29. The van der Waals surface area contributed by atoms with E-state index < -0.39 is 5.91 Å². The zero-order valence-electron chi connectivity index (χ0n) is 14.4. The van der Waals surface area contributed by atoms with Crippen LogP contribution >= 0.6 is 50.1 Å². The number of hydrazone groups is 1. The van der Waals surface area contributed by atoms with Crippen LogP contribution in [-0.4, -0.2) is 17.1 Å². The largest absolute Gasteiger partial charge is 0.488 e. The molecule has 0 saturated heterocycles. The Morgan fingerprint density at radius 1 is 1.25 bits per heavy atom. The van der Waals surface area contributed by atoms with Crippen LogP contribution in [0.1, 0.15) is 21.5 Å². The Kier molecular flexibility index (Phi) is 7.41. The standard InChI is InChI=1S/C20H14BrClIN3O2/c21-17-10-14(11-25-26-20(27)16-2-1-9-24-19(16)22)5-8-18(17)28-12-13-3-6-15(23)7-4-13/h1-11H,12H2,(H,26,27). The molecule has 0 aliphatic rings. The Bertz CT molecular complexity index is 1010. The smallest absolute Gasteiger partial charge is 0.274 e. The number of rotatable bonds is 6. The molecule has 1 N–H and O–H groups in total. The van der Waals surface area contributed by atoms with Crippen molar-refractivity contribution in [2.45, 2.75) is 6.61 Å². The maximum absolute atomic E-state index is 12.0. The molecule has 0 fully saturated rings. The molecule has 0 aliphatic heterocycles. The third-order valence-electron chi connectivity index (χ3n) is 3.65. The van der Waals surface area contributed by atoms with Crippen molar-refractivity contribution in [3.8, 4) is 5.75 Å². The number of amides is 1. The molecular weight excluding hydrogens is 557 g/mol. The molecule has 142 valence electrons. The number of hydrogen-bond donors (Lipinski definition) is 1. The fraction of sp³-hybridized carbons (Fsp3) is 0.0500. The van der Waals surface area contributed by atoms with Crippen LogP contribution in [0.15, 0.2) is 70.4 Å². The van der Waals surface area contributed by atoms with E-state index in [0.717, 1.165) is 21.3 Å². The second-order valence-electron chi connectivity index (χ2n) is 5.65. The molecule has 1 heterocycles. The molecule has 5 nitrogen and oxygen atoms in total. The summed E-state index contributed by atoms with van der Waals surface area (Å²) in [5, 5.41) is 4.09. The van der Waals surface area contributed by atoms with Crippen LogP contribution in [-0.2, 0) is 6.61 Å². The van der Waals surface area contributed by atoms with Gasteiger partial charge in [-0.3, -0.25) is 4.79 Å². The second-order valence-corrected chi connectivity index (χ2v) is 8.10. The highest BCUT2D eigenvalue weighted by atomic mass is 127. The van der Waals surface area contributed by atoms with Crippen LogP contribution in [0.5, 0.6) is 5.75 Å². The Labute approximate surface area is 189 Å². The van der Waals surface area contributed by atoms with Gasteiger partial charge in [0.2, 0.25) is 0 Å². The van der Waals surface area contributed by atoms with Crippen molar-refractivity contribution in [2.24, 2.45) is 5.10 Å². The molecule has 0 unspecified atom stereocenters. The molecule has 3 aromatic rings. The lowest BCUT2D eigenvalue weighted by atomic mass is 10.2. The van der Waals surface area contributed by atoms with E-state index in [1.165, 1.54) is 16.0 Å². The maximum atomic E-state index is 12.0. The fourth-order valence-corrected chi connectivity index (χ4v) is 3.31. The van der Waals surface area contributed by atoms with Gasteiger partial charge in [-0.2, -0.15) is 5.10 Å². The van der Waals surface area contributed by atoms with Crippen LogP contribution in [0, 0.1) is 3.57 Å². The summed E-state index contributed by atoms with van der Waals surface area (Å²) in [6.45, 7) is 0.477. The minimum atomic E-state index is -0.425. The first kappa shape index (κ1) is 20.8. The van der Waals surface area contributed by atoms with Crippen molar-refractivity contribution in [3.05, 3.63) is 90.7 Å². The van der Waals surface area contributed by atoms with E-state index in [2.05, 4.69) is 54.0 Å². The number of aromatic nitrogens is 1. The Balaban J connectivity index is 1.59. The molecule has 0 atom stereocenters. The zero-order valence-corrected chi connectivity index (χ0v) is 18.9. The number of benzene rings is 2. The molecule has 28 heavy (non-hydrogen) atoms. The van der Waals surface area contributed by atoms with E-state index in [1.807, 2.05) is 42.5 Å². The van der Waals surface area contributed by atoms with E-state index in [0.29, 0.717) is 6.61 Å². The van der Waals surface area contributed by atoms with Gasteiger partial charge in [-0.25, -0.2) is 10.4 Å². The van der Waals surface area contributed by atoms with Gasteiger partial charge in [0.25, 0.3) is 5.91 Å². The van der Waals surface area contributed by atoms with Crippen molar-refractivity contribution in [1.82, 2.24) is 10.4 Å². The van der Waals surface area contributed by atoms with Gasteiger partial charge < -0.3 is 4.74 Å². The molecule has 0 saturated carbocycles. The second kappa shape index (κ2) is 9.99. The van der Waals surface area contributed by atoms with Gasteiger partial charge >= 0.3 is 0 Å². The number of ether oxygens (including phenoxy) is 1. The SMILES string of the molecule is O=C(NN=Cc1ccc(OCc2ccc(I)cc2)c(Br)c1)c1cccnc1Cl. The Hall–Kier alpha value is -1.97. The maximum Gasteiger partial charge on any atom is 0.274 e. The predicted octanol–water partition coefficient (Wildman–Crippen LogP) is 5.45. The Morgan fingerprint density at radius 2 is 2.04 bits per heavy atom. The van der Waals surface area contributed by atoms with Gasteiger partial charge in [0, 0.05) is 9.77 Å². The summed E-state index contributed by atoms with van der Waals surface area (Å²) in [6, 6.07) is 16.9. The minimum absolute atomic E-state index is 0.132. The lowest BCUT2D eigenvalue weighted by Gasteiger charge is -2.09. The van der Waals surface area contributed by atoms with Crippen LogP contribution in [0.25, 0.3) is 0 Å². The Morgan fingerprint density at radius 3 is 2.75 bits per heavy atom. The minimum Gasteiger partial charge on any atom is -0.488 e. The number of halogens is 3. The van der Waals surface area contributed by atoms with E-state index in [1.54, 1.807) is 12.1 Å². The first-order chi connectivity index (χ1) is 13.5. The molecule has 0 radical (unpaired) electrons. The fourth-order valence-electron chi connectivity index (χ4n) is 2.24. The topological polar surface area (TPSA) is 63.6 Å². The summed E-state index contributed by atoms with van der Waals surface area (Å²) in [4.78, 5) is 15.9. The van der Waals surface area contributed by atoms with Crippen molar-refractivity contribution >= 4 is 62.2 Å². The molecule has 0 aliphatic carbocycles. The van der Waals surface area contributed by atoms with Crippen molar-refractivity contribution < 1.29 is 9.53 Å². The molecule has 1 aromatic heterocycles. The molecule has 8 heteroatoms. The van der Waals surface area contributed by atoms with Crippen LogP contribution in [0.3, 0.4) is 0 Å². The normalized spacial score (nSPS) is 10.8. The van der Waals surface area contributed by atoms with E-state index in [-0.39, 0.29) is 10.7 Å². The monoisotopic (exact) mass is 569 g/mol. The summed E-state index contributed by atoms with van der Waals surface area (Å²) in [5.74, 6) is 0.299. The number of pyridine rings is 1. The lowest BCUT2D eigenvalue weighted by Crippen LogP contribution is -2.18. The average Bonchev–Trinajstić information content (AvgIpc) is 2.69. The van der Waals surface area contributed by atoms with Gasteiger partial charge in [0.05, 0.1) is 16.3 Å². The number of carbonyl (C=O) groups is 1. The highest BCUT2D eigenvalue weighted by Gasteiger charge is 2.09. The number of hydrogen-bond acceptors (Lipinski definition) is 4. The molecule has 0 bridgehead atoms. The summed E-state index contributed by atoms with van der Waals surface area (Å²) < 4.78 is 7.83. The first-order valence-electron chi connectivity index (χ1n) is 8.13. The molecule has 2 aromatic carbocycles. The van der Waals surface area contributed by atoms with Gasteiger partial charge in [-0.15, -0.1) is 0 Å². The van der Waals surface area contributed by atoms with Gasteiger partial charge in [0.15, 0.2) is 0 Å². The summed E-state index contributed by atoms with van der Waals surface area (Å²) in [7, 11) is 0. The van der Waals surface area contributed by atoms with E-state index in [4.69, 9.17) is 16.3 Å². The van der Waals surface area contributed by atoms with E-state index >= 15 is 0 Å². The summed E-state index contributed by atoms with van der Waals surface area (Å²) in [5.41, 5.74) is 4.59. The number of nitrogens with one attached hydrogen (secondary N) is 1.